The summed E-state index contributed by atoms with van der Waals surface area (Å²) < 4.78 is 37.9. The van der Waals surface area contributed by atoms with Gasteiger partial charge in [-0.05, 0) is 31.0 Å². The molecule has 4 rings (SSSR count). The van der Waals surface area contributed by atoms with E-state index in [1.54, 1.807) is 12.1 Å². The molecule has 0 saturated carbocycles. The minimum atomic E-state index is -4.57. The number of amides is 2. The van der Waals surface area contributed by atoms with Gasteiger partial charge in [0.25, 0.3) is 0 Å². The van der Waals surface area contributed by atoms with E-state index in [9.17, 15) is 22.8 Å². The number of hydrogen-bond acceptors (Lipinski definition) is 7. The van der Waals surface area contributed by atoms with E-state index in [4.69, 9.17) is 5.73 Å². The van der Waals surface area contributed by atoms with Crippen LogP contribution in [0.5, 0.6) is 0 Å². The van der Waals surface area contributed by atoms with Crippen molar-refractivity contribution in [2.24, 2.45) is 5.73 Å². The number of nitrogens with two attached hydrogens (primary N) is 1. The van der Waals surface area contributed by atoms with Crippen LogP contribution in [-0.4, -0.2) is 58.1 Å². The first kappa shape index (κ1) is 21.0. The first-order chi connectivity index (χ1) is 14.7. The van der Waals surface area contributed by atoms with Crippen LogP contribution < -0.4 is 20.9 Å². The Morgan fingerprint density at radius 1 is 1.26 bits per heavy atom. The van der Waals surface area contributed by atoms with Crippen molar-refractivity contribution in [3.05, 3.63) is 36.3 Å². The normalized spacial score (nSPS) is 18.5. The van der Waals surface area contributed by atoms with Crippen LogP contribution in [0.15, 0.2) is 30.6 Å². The molecule has 0 aromatic carbocycles. The molecule has 2 aromatic rings. The molecule has 2 amide bonds. The van der Waals surface area contributed by atoms with Crippen molar-refractivity contribution in [3.8, 4) is 0 Å². The number of pyridine rings is 1. The van der Waals surface area contributed by atoms with Crippen molar-refractivity contribution in [2.75, 3.05) is 28.2 Å². The van der Waals surface area contributed by atoms with Gasteiger partial charge in [-0.3, -0.25) is 15.0 Å². The Balaban J connectivity index is 1.57. The van der Waals surface area contributed by atoms with E-state index in [1.165, 1.54) is 23.4 Å². The number of rotatable bonds is 5. The van der Waals surface area contributed by atoms with Crippen LogP contribution in [0.4, 0.5) is 35.4 Å². The number of halogens is 3. The van der Waals surface area contributed by atoms with E-state index in [-0.39, 0.29) is 23.5 Å². The molecule has 3 N–H and O–H groups in total. The minimum Gasteiger partial charge on any atom is -0.366 e. The number of carbonyl (C=O) groups excluding carboxylic acids is 2. The number of ketones is 1. The van der Waals surface area contributed by atoms with E-state index in [1.807, 2.05) is 0 Å². The summed E-state index contributed by atoms with van der Waals surface area (Å²) in [5.74, 6) is -0.154. The molecule has 2 aliphatic rings. The summed E-state index contributed by atoms with van der Waals surface area (Å²) in [4.78, 5) is 41.3. The minimum absolute atomic E-state index is 0.00983. The van der Waals surface area contributed by atoms with Crippen molar-refractivity contribution in [2.45, 2.75) is 37.5 Å². The molecule has 164 valence electrons. The summed E-state index contributed by atoms with van der Waals surface area (Å²) in [6, 6.07) is 2.02. The standard InChI is InChI=1S/C19H20F3N7O2/c20-19(21,22)15(23)5-4-14(30)12-2-3-13-16(26-12)29(11-6-9-28(13)10-11)18(31)27-17-24-7-1-8-25-17/h1-3,7-8,11,15H,4-6,9-10,23H2,(H,24,25,27,31)/t11-,15+/m0/s1. The van der Waals surface area contributed by atoms with Gasteiger partial charge in [0, 0.05) is 31.9 Å². The van der Waals surface area contributed by atoms with Crippen molar-refractivity contribution in [1.82, 2.24) is 15.0 Å². The van der Waals surface area contributed by atoms with Gasteiger partial charge in [0.1, 0.15) is 11.7 Å². The Morgan fingerprint density at radius 3 is 2.71 bits per heavy atom. The predicted octanol–water partition coefficient (Wildman–Crippen LogP) is 2.35. The number of nitrogens with zero attached hydrogens (tertiary/aromatic N) is 5. The highest BCUT2D eigenvalue weighted by atomic mass is 19.4. The molecule has 2 aromatic heterocycles. The second-order valence-corrected chi connectivity index (χ2v) is 7.41. The number of urea groups is 1. The molecule has 2 aliphatic heterocycles. The summed E-state index contributed by atoms with van der Waals surface area (Å²) in [5, 5.41) is 2.62. The number of aromatic nitrogens is 3. The van der Waals surface area contributed by atoms with Crippen molar-refractivity contribution >= 4 is 29.3 Å². The third kappa shape index (κ3) is 4.29. The van der Waals surface area contributed by atoms with Gasteiger partial charge in [0.15, 0.2) is 11.6 Å². The van der Waals surface area contributed by atoms with Crippen LogP contribution in [-0.2, 0) is 0 Å². The molecule has 12 heteroatoms. The molecule has 2 atom stereocenters. The second-order valence-electron chi connectivity index (χ2n) is 7.41. The summed E-state index contributed by atoms with van der Waals surface area (Å²) >= 11 is 0. The molecule has 31 heavy (non-hydrogen) atoms. The Hall–Kier alpha value is -3.28. The first-order valence-corrected chi connectivity index (χ1v) is 9.73. The van der Waals surface area contributed by atoms with E-state index in [0.29, 0.717) is 18.7 Å². The maximum Gasteiger partial charge on any atom is 0.403 e. The third-order valence-electron chi connectivity index (χ3n) is 5.34. The van der Waals surface area contributed by atoms with Gasteiger partial charge in [-0.1, -0.05) is 0 Å². The molecule has 1 saturated heterocycles. The molecular weight excluding hydrogens is 415 g/mol. The third-order valence-corrected chi connectivity index (χ3v) is 5.34. The largest absolute Gasteiger partial charge is 0.403 e. The van der Waals surface area contributed by atoms with Gasteiger partial charge in [0.2, 0.25) is 5.95 Å². The van der Waals surface area contributed by atoms with Gasteiger partial charge in [-0.15, -0.1) is 0 Å². The van der Waals surface area contributed by atoms with Gasteiger partial charge in [0.05, 0.1) is 11.7 Å². The highest BCUT2D eigenvalue weighted by molar-refractivity contribution is 6.04. The fourth-order valence-corrected chi connectivity index (χ4v) is 3.72. The van der Waals surface area contributed by atoms with Crippen LogP contribution >= 0.6 is 0 Å². The molecule has 0 aliphatic carbocycles. The number of nitrogens with one attached hydrogen (secondary N) is 1. The second kappa shape index (κ2) is 8.10. The van der Waals surface area contributed by atoms with Gasteiger partial charge in [-0.25, -0.2) is 19.7 Å². The fourth-order valence-electron chi connectivity index (χ4n) is 3.72. The number of fused-ring (bicyclic) bond motifs is 4. The summed E-state index contributed by atoms with van der Waals surface area (Å²) in [6.07, 6.45) is -1.81. The number of Topliss-reactive ketones (excluding diaryl/α,β-unsaturated/α-hetero) is 1. The highest BCUT2D eigenvalue weighted by Gasteiger charge is 2.41. The zero-order chi connectivity index (χ0) is 22.2. The average Bonchev–Trinajstić information content (AvgIpc) is 3.15. The SMILES string of the molecule is N[C@H](CCC(=O)c1ccc2c(n1)N(C(=O)Nc1ncccn1)[C@H]1CCN2C1)C(F)(F)F. The number of anilines is 3. The average molecular weight is 435 g/mol. The summed E-state index contributed by atoms with van der Waals surface area (Å²) in [5.41, 5.74) is 5.76. The quantitative estimate of drug-likeness (QED) is 0.693. The van der Waals surface area contributed by atoms with Gasteiger partial charge in [-0.2, -0.15) is 13.2 Å². The maximum atomic E-state index is 13.0. The monoisotopic (exact) mass is 435 g/mol. The Bertz CT molecular complexity index is 986. The topological polar surface area (TPSA) is 117 Å². The van der Waals surface area contributed by atoms with E-state index in [0.717, 1.165) is 6.54 Å². The van der Waals surface area contributed by atoms with Crippen molar-refractivity contribution in [3.63, 3.8) is 0 Å². The zero-order valence-electron chi connectivity index (χ0n) is 16.3. The number of alkyl halides is 3. The van der Waals surface area contributed by atoms with Crippen LogP contribution in [0.1, 0.15) is 29.8 Å². The van der Waals surface area contributed by atoms with Crippen molar-refractivity contribution in [1.29, 1.82) is 0 Å². The smallest absolute Gasteiger partial charge is 0.366 e. The Labute approximate surface area is 175 Å². The summed E-state index contributed by atoms with van der Waals surface area (Å²) in [7, 11) is 0. The van der Waals surface area contributed by atoms with Crippen LogP contribution in [0.3, 0.4) is 0 Å². The molecule has 9 nitrogen and oxygen atoms in total. The van der Waals surface area contributed by atoms with Crippen LogP contribution in [0.2, 0.25) is 0 Å². The molecule has 2 bridgehead atoms. The molecule has 0 unspecified atom stereocenters. The highest BCUT2D eigenvalue weighted by Crippen LogP contribution is 2.39. The fraction of sp³-hybridized carbons (Fsp3) is 0.421. The first-order valence-electron chi connectivity index (χ1n) is 9.73. The molecular formula is C19H20F3N7O2. The zero-order valence-corrected chi connectivity index (χ0v) is 16.3. The van der Waals surface area contributed by atoms with Crippen LogP contribution in [0.25, 0.3) is 0 Å². The lowest BCUT2D eigenvalue weighted by Crippen LogP contribution is -2.48. The molecule has 0 radical (unpaired) electrons. The van der Waals surface area contributed by atoms with Crippen LogP contribution in [0, 0.1) is 0 Å². The Morgan fingerprint density at radius 2 is 2.00 bits per heavy atom. The van der Waals surface area contributed by atoms with Gasteiger partial charge >= 0.3 is 12.2 Å². The Kier molecular flexibility index (Phi) is 5.48. The predicted molar refractivity (Wildman–Crippen MR) is 106 cm³/mol. The summed E-state index contributed by atoms with van der Waals surface area (Å²) in [6.45, 7) is 1.34. The molecule has 0 spiro atoms. The lowest BCUT2D eigenvalue weighted by Gasteiger charge is -2.35. The maximum absolute atomic E-state index is 13.0. The van der Waals surface area contributed by atoms with E-state index < -0.39 is 36.9 Å². The number of carbonyl (C=O) groups is 2. The van der Waals surface area contributed by atoms with Gasteiger partial charge < -0.3 is 10.6 Å². The lowest BCUT2D eigenvalue weighted by atomic mass is 10.1. The molecule has 4 heterocycles. The number of hydrogen-bond donors (Lipinski definition) is 2. The van der Waals surface area contributed by atoms with E-state index in [2.05, 4.69) is 25.2 Å². The van der Waals surface area contributed by atoms with Crippen molar-refractivity contribution < 1.29 is 22.8 Å². The lowest BCUT2D eigenvalue weighted by molar-refractivity contribution is -0.148. The van der Waals surface area contributed by atoms with E-state index >= 15 is 0 Å². The molecule has 1 fully saturated rings.